The molecule has 0 aliphatic carbocycles. The fourth-order valence-corrected chi connectivity index (χ4v) is 3.60. The Bertz CT molecular complexity index is 308. The summed E-state index contributed by atoms with van der Waals surface area (Å²) >= 11 is 0. The Balaban J connectivity index is 2.06. The number of likely N-dealkylation sites (tertiary alicyclic amines) is 1. The average Bonchev–Trinajstić information content (AvgIpc) is 2.68. The van der Waals surface area contributed by atoms with Crippen molar-refractivity contribution in [1.82, 2.24) is 10.2 Å². The highest BCUT2D eigenvalue weighted by Crippen LogP contribution is 2.36. The van der Waals surface area contributed by atoms with Crippen LogP contribution in [0.1, 0.15) is 47.0 Å². The van der Waals surface area contributed by atoms with E-state index in [0.717, 1.165) is 26.1 Å². The molecule has 2 aliphatic rings. The summed E-state index contributed by atoms with van der Waals surface area (Å²) in [5, 5.41) is 3.44. The summed E-state index contributed by atoms with van der Waals surface area (Å²) < 4.78 is 0. The first-order chi connectivity index (χ1) is 8.43. The van der Waals surface area contributed by atoms with Crippen molar-refractivity contribution < 1.29 is 4.79 Å². The predicted octanol–water partition coefficient (Wildman–Crippen LogP) is 2.27. The molecule has 2 heterocycles. The van der Waals surface area contributed by atoms with Gasteiger partial charge in [-0.25, -0.2) is 0 Å². The molecule has 1 N–H and O–H groups in total. The molecule has 2 aliphatic heterocycles. The molecule has 18 heavy (non-hydrogen) atoms. The van der Waals surface area contributed by atoms with Crippen LogP contribution in [0.25, 0.3) is 0 Å². The lowest BCUT2D eigenvalue weighted by molar-refractivity contribution is -0.144. The van der Waals surface area contributed by atoms with Crippen LogP contribution < -0.4 is 5.32 Å². The largest absolute Gasteiger partial charge is 0.339 e. The fraction of sp³-hybridized carbons (Fsp3) is 0.933. The molecule has 0 radical (unpaired) electrons. The maximum absolute atomic E-state index is 12.8. The molecule has 3 unspecified atom stereocenters. The van der Waals surface area contributed by atoms with Crippen LogP contribution in [-0.2, 0) is 4.79 Å². The minimum atomic E-state index is -0.217. The Labute approximate surface area is 111 Å². The van der Waals surface area contributed by atoms with E-state index in [9.17, 15) is 4.79 Å². The third-order valence-electron chi connectivity index (χ3n) is 4.91. The molecule has 0 saturated carbocycles. The van der Waals surface area contributed by atoms with Gasteiger partial charge in [0.25, 0.3) is 0 Å². The van der Waals surface area contributed by atoms with Gasteiger partial charge in [-0.3, -0.25) is 4.79 Å². The Morgan fingerprint density at radius 2 is 2.06 bits per heavy atom. The van der Waals surface area contributed by atoms with Crippen molar-refractivity contribution in [3.63, 3.8) is 0 Å². The second-order valence-corrected chi connectivity index (χ2v) is 6.91. The molecule has 0 bridgehead atoms. The predicted molar refractivity (Wildman–Crippen MR) is 74.3 cm³/mol. The lowest BCUT2D eigenvalue weighted by Crippen LogP contribution is -2.49. The summed E-state index contributed by atoms with van der Waals surface area (Å²) in [6.45, 7) is 11.8. The normalized spacial score (nSPS) is 33.8. The Kier molecular flexibility index (Phi) is 4.00. The fourth-order valence-electron chi connectivity index (χ4n) is 3.60. The first-order valence-corrected chi connectivity index (χ1v) is 7.44. The number of hydrogen-bond acceptors (Lipinski definition) is 2. The van der Waals surface area contributed by atoms with Crippen LogP contribution in [0, 0.1) is 17.3 Å². The van der Waals surface area contributed by atoms with E-state index in [1.165, 1.54) is 12.8 Å². The zero-order valence-corrected chi connectivity index (χ0v) is 12.3. The molecule has 3 heteroatoms. The van der Waals surface area contributed by atoms with Gasteiger partial charge in [0.2, 0.25) is 5.91 Å². The third-order valence-corrected chi connectivity index (χ3v) is 4.91. The van der Waals surface area contributed by atoms with Crippen molar-refractivity contribution in [3.8, 4) is 0 Å². The maximum atomic E-state index is 12.8. The Hall–Kier alpha value is -0.570. The smallest absolute Gasteiger partial charge is 0.228 e. The van der Waals surface area contributed by atoms with Crippen molar-refractivity contribution in [3.05, 3.63) is 0 Å². The molecule has 2 rings (SSSR count). The summed E-state index contributed by atoms with van der Waals surface area (Å²) in [4.78, 5) is 14.9. The second-order valence-electron chi connectivity index (χ2n) is 6.91. The Morgan fingerprint density at radius 3 is 2.56 bits per heavy atom. The van der Waals surface area contributed by atoms with Gasteiger partial charge in [0, 0.05) is 18.0 Å². The lowest BCUT2D eigenvalue weighted by Gasteiger charge is -2.39. The average molecular weight is 252 g/mol. The summed E-state index contributed by atoms with van der Waals surface area (Å²) in [6, 6.07) is 0.420. The number of carbonyl (C=O) groups is 1. The van der Waals surface area contributed by atoms with Crippen molar-refractivity contribution in [2.45, 2.75) is 53.0 Å². The molecule has 104 valence electrons. The molecule has 0 aromatic heterocycles. The van der Waals surface area contributed by atoms with Gasteiger partial charge in [0.15, 0.2) is 0 Å². The van der Waals surface area contributed by atoms with Gasteiger partial charge in [0.1, 0.15) is 0 Å². The van der Waals surface area contributed by atoms with E-state index in [2.05, 4.69) is 37.9 Å². The first-order valence-electron chi connectivity index (χ1n) is 7.44. The van der Waals surface area contributed by atoms with E-state index in [1.807, 2.05) is 0 Å². The number of piperidine rings is 1. The zero-order valence-electron chi connectivity index (χ0n) is 12.3. The molecule has 2 fully saturated rings. The van der Waals surface area contributed by atoms with Crippen LogP contribution in [0.5, 0.6) is 0 Å². The van der Waals surface area contributed by atoms with Crippen molar-refractivity contribution >= 4 is 5.91 Å². The third kappa shape index (κ3) is 2.56. The quantitative estimate of drug-likeness (QED) is 0.817. The van der Waals surface area contributed by atoms with Crippen LogP contribution >= 0.6 is 0 Å². The maximum Gasteiger partial charge on any atom is 0.228 e. The van der Waals surface area contributed by atoms with Gasteiger partial charge >= 0.3 is 0 Å². The minimum Gasteiger partial charge on any atom is -0.339 e. The Morgan fingerprint density at radius 1 is 1.33 bits per heavy atom. The van der Waals surface area contributed by atoms with Gasteiger partial charge in [-0.2, -0.15) is 0 Å². The molecule has 0 spiro atoms. The molecule has 3 nitrogen and oxygen atoms in total. The van der Waals surface area contributed by atoms with Crippen LogP contribution in [0.2, 0.25) is 0 Å². The van der Waals surface area contributed by atoms with Crippen LogP contribution in [-0.4, -0.2) is 36.5 Å². The van der Waals surface area contributed by atoms with Crippen LogP contribution in [0.4, 0.5) is 0 Å². The van der Waals surface area contributed by atoms with Gasteiger partial charge < -0.3 is 10.2 Å². The minimum absolute atomic E-state index is 0.217. The number of nitrogens with one attached hydrogen (secondary N) is 1. The summed E-state index contributed by atoms with van der Waals surface area (Å²) in [5.41, 5.74) is -0.217. The molecule has 0 aromatic carbocycles. The molecule has 0 aromatic rings. The molecule has 3 atom stereocenters. The highest BCUT2D eigenvalue weighted by atomic mass is 16.2. The summed E-state index contributed by atoms with van der Waals surface area (Å²) in [7, 11) is 0. The van der Waals surface area contributed by atoms with E-state index in [-0.39, 0.29) is 5.41 Å². The van der Waals surface area contributed by atoms with Gasteiger partial charge in [-0.15, -0.1) is 0 Å². The van der Waals surface area contributed by atoms with E-state index in [1.54, 1.807) is 0 Å². The standard InChI is InChI=1S/C15H28N2O/c1-11-8-12(2)17(10-11)14(18)15(3,4)13-6-5-7-16-9-13/h11-13,16H,5-10H2,1-4H3. The van der Waals surface area contributed by atoms with Gasteiger partial charge in [-0.05, 0) is 51.1 Å². The highest BCUT2D eigenvalue weighted by Gasteiger charge is 2.43. The lowest BCUT2D eigenvalue weighted by atomic mass is 9.74. The number of rotatable bonds is 2. The topological polar surface area (TPSA) is 32.3 Å². The molecule has 2 saturated heterocycles. The van der Waals surface area contributed by atoms with Crippen molar-refractivity contribution in [1.29, 1.82) is 0 Å². The number of hydrogen-bond donors (Lipinski definition) is 1. The molecular formula is C15H28N2O. The van der Waals surface area contributed by atoms with Crippen molar-refractivity contribution in [2.24, 2.45) is 17.3 Å². The van der Waals surface area contributed by atoms with E-state index < -0.39 is 0 Å². The molecular weight excluding hydrogens is 224 g/mol. The molecule has 1 amide bonds. The highest BCUT2D eigenvalue weighted by molar-refractivity contribution is 5.83. The van der Waals surface area contributed by atoms with E-state index in [0.29, 0.717) is 23.8 Å². The summed E-state index contributed by atoms with van der Waals surface area (Å²) in [6.07, 6.45) is 3.54. The van der Waals surface area contributed by atoms with Crippen molar-refractivity contribution in [2.75, 3.05) is 19.6 Å². The summed E-state index contributed by atoms with van der Waals surface area (Å²) in [5.74, 6) is 1.51. The van der Waals surface area contributed by atoms with Gasteiger partial charge in [0.05, 0.1) is 0 Å². The zero-order chi connectivity index (χ0) is 13.3. The number of nitrogens with zero attached hydrogens (tertiary/aromatic N) is 1. The second kappa shape index (κ2) is 5.20. The van der Waals surface area contributed by atoms with Crippen LogP contribution in [0.15, 0.2) is 0 Å². The number of amides is 1. The first kappa shape index (κ1) is 13.9. The van der Waals surface area contributed by atoms with E-state index >= 15 is 0 Å². The van der Waals surface area contributed by atoms with Gasteiger partial charge in [-0.1, -0.05) is 20.8 Å². The monoisotopic (exact) mass is 252 g/mol. The van der Waals surface area contributed by atoms with Crippen LogP contribution in [0.3, 0.4) is 0 Å². The number of carbonyl (C=O) groups excluding carboxylic acids is 1. The SMILES string of the molecule is CC1CC(C)N(C(=O)C(C)(C)C2CCCNC2)C1. The van der Waals surface area contributed by atoms with E-state index in [4.69, 9.17) is 0 Å².